The van der Waals surface area contributed by atoms with Crippen LogP contribution in [0.3, 0.4) is 0 Å². The van der Waals surface area contributed by atoms with Gasteiger partial charge in [0.05, 0.1) is 21.5 Å². The van der Waals surface area contributed by atoms with Crippen molar-refractivity contribution in [1.82, 2.24) is 0 Å². The molecule has 0 saturated carbocycles. The van der Waals surface area contributed by atoms with Crippen LogP contribution in [0.2, 0.25) is 0 Å². The molecule has 2 heteroatoms. The highest BCUT2D eigenvalue weighted by Crippen LogP contribution is 2.59. The molecule has 8 aromatic carbocycles. The second-order valence-electron chi connectivity index (χ2n) is 15.2. The maximum Gasteiger partial charge on any atom is 0.0714 e. The zero-order valence-corrected chi connectivity index (χ0v) is 31.1. The Balaban J connectivity index is 1.25. The van der Waals surface area contributed by atoms with Crippen molar-refractivity contribution >= 4 is 48.6 Å². The molecule has 0 aliphatic heterocycles. The van der Waals surface area contributed by atoms with E-state index in [0.29, 0.717) is 0 Å². The second-order valence-corrected chi connectivity index (χ2v) is 16.3. The van der Waals surface area contributed by atoms with Crippen molar-refractivity contribution in [2.75, 3.05) is 4.90 Å². The maximum atomic E-state index is 2.58. The van der Waals surface area contributed by atoms with Crippen LogP contribution >= 0.6 is 11.3 Å². The highest BCUT2D eigenvalue weighted by atomic mass is 32.1. The van der Waals surface area contributed by atoms with Crippen LogP contribution in [0, 0.1) is 0 Å². The van der Waals surface area contributed by atoms with E-state index >= 15 is 0 Å². The number of hydrogen-bond donors (Lipinski definition) is 0. The number of thiophene rings is 1. The maximum absolute atomic E-state index is 2.58. The topological polar surface area (TPSA) is 3.24 Å². The first kappa shape index (κ1) is 31.3. The van der Waals surface area contributed by atoms with Gasteiger partial charge in [-0.3, -0.25) is 0 Å². The molecule has 0 N–H and O–H groups in total. The van der Waals surface area contributed by atoms with Crippen LogP contribution in [-0.4, -0.2) is 0 Å². The van der Waals surface area contributed by atoms with E-state index in [0.717, 1.165) is 5.69 Å². The summed E-state index contributed by atoms with van der Waals surface area (Å²) >= 11 is 1.89. The molecule has 54 heavy (non-hydrogen) atoms. The van der Waals surface area contributed by atoms with Gasteiger partial charge in [-0.2, -0.15) is 0 Å². The molecule has 1 heterocycles. The molecule has 2 aliphatic carbocycles. The van der Waals surface area contributed by atoms with Crippen LogP contribution in [0.5, 0.6) is 0 Å². The standard InChI is InChI=1S/C52H37NS/c1-51(2)43-26-12-9-22-38(43)41-24-15-28-46(49(41)51)53(47-29-16-25-42-40-23-11-14-30-48(40)54-50(42)47)36-31-32-39-37-21-10-13-27-44(37)52(45(39)33-36,34-17-5-3-6-18-34)35-19-7-4-8-20-35/h3-33H,1-2H3. The number of rotatable bonds is 5. The Labute approximate surface area is 320 Å². The van der Waals surface area contributed by atoms with Gasteiger partial charge in [-0.1, -0.05) is 172 Å². The molecule has 2 aliphatic rings. The van der Waals surface area contributed by atoms with Gasteiger partial charge in [0.25, 0.3) is 0 Å². The third kappa shape index (κ3) is 4.20. The SMILES string of the molecule is CC1(C)c2ccccc2-c2cccc(N(c3ccc4c(c3)C(c3ccccc3)(c3ccccc3)c3ccccc3-4)c3cccc4c3sc3ccccc34)c21. The Morgan fingerprint density at radius 3 is 1.74 bits per heavy atom. The number of fused-ring (bicyclic) bond motifs is 9. The van der Waals surface area contributed by atoms with Gasteiger partial charge in [-0.15, -0.1) is 11.3 Å². The first-order chi connectivity index (χ1) is 26.6. The number of hydrogen-bond acceptors (Lipinski definition) is 2. The molecule has 0 saturated heterocycles. The summed E-state index contributed by atoms with van der Waals surface area (Å²) < 4.78 is 2.60. The number of anilines is 3. The van der Waals surface area contributed by atoms with E-state index in [1.807, 2.05) is 11.3 Å². The van der Waals surface area contributed by atoms with Crippen molar-refractivity contribution in [2.45, 2.75) is 24.7 Å². The van der Waals surface area contributed by atoms with Gasteiger partial charge in [-0.25, -0.2) is 0 Å². The molecule has 0 atom stereocenters. The smallest absolute Gasteiger partial charge is 0.0714 e. The van der Waals surface area contributed by atoms with Crippen LogP contribution in [0.4, 0.5) is 17.1 Å². The fraction of sp³-hybridized carbons (Fsp3) is 0.0769. The molecule has 0 unspecified atom stereocenters. The minimum absolute atomic E-state index is 0.195. The van der Waals surface area contributed by atoms with E-state index < -0.39 is 5.41 Å². The van der Waals surface area contributed by atoms with E-state index in [-0.39, 0.29) is 5.41 Å². The van der Waals surface area contributed by atoms with E-state index in [1.165, 1.54) is 87.2 Å². The van der Waals surface area contributed by atoms with E-state index in [2.05, 4.69) is 207 Å². The van der Waals surface area contributed by atoms with E-state index in [1.54, 1.807) is 0 Å². The predicted molar refractivity (Wildman–Crippen MR) is 229 cm³/mol. The average Bonchev–Trinajstić information content (AvgIpc) is 3.83. The van der Waals surface area contributed by atoms with Crippen molar-refractivity contribution in [3.63, 3.8) is 0 Å². The van der Waals surface area contributed by atoms with Crippen molar-refractivity contribution in [1.29, 1.82) is 0 Å². The van der Waals surface area contributed by atoms with Crippen molar-refractivity contribution in [2.24, 2.45) is 0 Å². The normalized spacial score (nSPS) is 14.4. The fourth-order valence-electron chi connectivity index (χ4n) is 9.89. The molecular formula is C52H37NS. The lowest BCUT2D eigenvalue weighted by Gasteiger charge is -2.36. The van der Waals surface area contributed by atoms with Crippen molar-refractivity contribution < 1.29 is 0 Å². The highest BCUT2D eigenvalue weighted by Gasteiger charge is 2.46. The third-order valence-electron chi connectivity index (χ3n) is 12.1. The molecule has 256 valence electrons. The van der Waals surface area contributed by atoms with Crippen LogP contribution < -0.4 is 4.90 Å². The van der Waals surface area contributed by atoms with Crippen molar-refractivity contribution in [3.05, 3.63) is 221 Å². The lowest BCUT2D eigenvalue weighted by Crippen LogP contribution is -2.28. The van der Waals surface area contributed by atoms with Gasteiger partial charge >= 0.3 is 0 Å². The summed E-state index contributed by atoms with van der Waals surface area (Å²) in [4.78, 5) is 2.58. The van der Waals surface area contributed by atoms with E-state index in [9.17, 15) is 0 Å². The highest BCUT2D eigenvalue weighted by molar-refractivity contribution is 7.26. The lowest BCUT2D eigenvalue weighted by molar-refractivity contribution is 0.661. The molecule has 9 aromatic rings. The second kappa shape index (κ2) is 11.6. The lowest BCUT2D eigenvalue weighted by atomic mass is 9.67. The summed E-state index contributed by atoms with van der Waals surface area (Å²) in [6, 6.07) is 70.2. The first-order valence-electron chi connectivity index (χ1n) is 18.9. The van der Waals surface area contributed by atoms with Crippen LogP contribution in [0.25, 0.3) is 42.4 Å². The Kier molecular flexibility index (Phi) is 6.75. The summed E-state index contributed by atoms with van der Waals surface area (Å²) in [6.07, 6.45) is 0. The van der Waals surface area contributed by atoms with Gasteiger partial charge in [0.15, 0.2) is 0 Å². The van der Waals surface area contributed by atoms with Crippen LogP contribution in [-0.2, 0) is 10.8 Å². The molecule has 0 fully saturated rings. The average molecular weight is 708 g/mol. The Hall–Kier alpha value is -6.22. The summed E-state index contributed by atoms with van der Waals surface area (Å²) in [5, 5.41) is 2.60. The largest absolute Gasteiger partial charge is 0.309 e. The van der Waals surface area contributed by atoms with Crippen molar-refractivity contribution in [3.8, 4) is 22.3 Å². The Morgan fingerprint density at radius 2 is 0.981 bits per heavy atom. The molecule has 0 spiro atoms. The van der Waals surface area contributed by atoms with E-state index in [4.69, 9.17) is 0 Å². The number of benzene rings is 8. The monoisotopic (exact) mass is 707 g/mol. The summed E-state index contributed by atoms with van der Waals surface area (Å²) in [7, 11) is 0. The number of nitrogens with zero attached hydrogens (tertiary/aromatic N) is 1. The summed E-state index contributed by atoms with van der Waals surface area (Å²) in [6.45, 7) is 4.79. The Bertz CT molecular complexity index is 2880. The van der Waals surface area contributed by atoms with Crippen LogP contribution in [0.15, 0.2) is 188 Å². The molecule has 11 rings (SSSR count). The molecular weight excluding hydrogens is 671 g/mol. The third-order valence-corrected chi connectivity index (χ3v) is 13.3. The fourth-order valence-corrected chi connectivity index (χ4v) is 11.1. The predicted octanol–water partition coefficient (Wildman–Crippen LogP) is 14.2. The molecule has 0 amide bonds. The zero-order valence-electron chi connectivity index (χ0n) is 30.3. The molecule has 0 radical (unpaired) electrons. The Morgan fingerprint density at radius 1 is 0.426 bits per heavy atom. The molecule has 1 aromatic heterocycles. The van der Waals surface area contributed by atoms with Gasteiger partial charge in [0, 0.05) is 26.6 Å². The molecule has 1 nitrogen and oxygen atoms in total. The van der Waals surface area contributed by atoms with Gasteiger partial charge in [0.2, 0.25) is 0 Å². The van der Waals surface area contributed by atoms with Gasteiger partial charge in [-0.05, 0) is 86.0 Å². The molecule has 0 bridgehead atoms. The first-order valence-corrected chi connectivity index (χ1v) is 19.7. The van der Waals surface area contributed by atoms with Crippen LogP contribution in [0.1, 0.15) is 47.2 Å². The summed E-state index contributed by atoms with van der Waals surface area (Å²) in [5.41, 5.74) is 16.0. The van der Waals surface area contributed by atoms with Gasteiger partial charge in [0.1, 0.15) is 0 Å². The summed E-state index contributed by atoms with van der Waals surface area (Å²) in [5.74, 6) is 0. The zero-order chi connectivity index (χ0) is 36.0. The quantitative estimate of drug-likeness (QED) is 0.172. The minimum atomic E-state index is -0.492. The minimum Gasteiger partial charge on any atom is -0.309 e. The van der Waals surface area contributed by atoms with Gasteiger partial charge < -0.3 is 4.90 Å².